The van der Waals surface area contributed by atoms with Gasteiger partial charge in [-0.1, -0.05) is 0 Å². The van der Waals surface area contributed by atoms with Crippen LogP contribution in [0, 0.1) is 0 Å². The van der Waals surface area contributed by atoms with Gasteiger partial charge in [0.25, 0.3) is 11.8 Å². The molecule has 0 bridgehead atoms. The lowest BCUT2D eigenvalue weighted by molar-refractivity contribution is -0.135. The number of nitrogens with one attached hydrogen (secondary N) is 2. The molecule has 24 heavy (non-hydrogen) atoms. The fourth-order valence-electron chi connectivity index (χ4n) is 2.37. The number of carboxylic acid groups (broad SMARTS) is 1. The van der Waals surface area contributed by atoms with Crippen molar-refractivity contribution in [3.8, 4) is 0 Å². The highest BCUT2D eigenvalue weighted by molar-refractivity contribution is 7.89. The Labute approximate surface area is 137 Å². The number of aliphatic carboxylic acids is 1. The summed E-state index contributed by atoms with van der Waals surface area (Å²) in [6.07, 6.45) is -0.0619. The largest absolute Gasteiger partial charge is 0.480 e. The minimum atomic E-state index is -4.14. The van der Waals surface area contributed by atoms with Crippen molar-refractivity contribution >= 4 is 21.9 Å². The van der Waals surface area contributed by atoms with Gasteiger partial charge in [-0.25, -0.2) is 21.9 Å². The van der Waals surface area contributed by atoms with Gasteiger partial charge < -0.3 is 10.4 Å². The third kappa shape index (κ3) is 4.26. The fraction of sp³-hybridized carbons (Fsp3) is 0.429. The molecule has 0 saturated heterocycles. The molecule has 0 aromatic heterocycles. The summed E-state index contributed by atoms with van der Waals surface area (Å²) in [4.78, 5) is 21.8. The molecule has 1 aliphatic rings. The third-order valence-electron chi connectivity index (χ3n) is 3.64. The number of amides is 1. The van der Waals surface area contributed by atoms with E-state index in [0.29, 0.717) is 0 Å². The van der Waals surface area contributed by atoms with Crippen LogP contribution in [0.25, 0.3) is 0 Å². The molecule has 0 radical (unpaired) electrons. The Morgan fingerprint density at radius 3 is 2.38 bits per heavy atom. The Morgan fingerprint density at radius 2 is 1.88 bits per heavy atom. The number of rotatable bonds is 6. The molecular weight excluding hydrogens is 346 g/mol. The Bertz CT molecular complexity index is 734. The first kappa shape index (κ1) is 18.3. The third-order valence-corrected chi connectivity index (χ3v) is 5.12. The van der Waals surface area contributed by atoms with Gasteiger partial charge in [-0.05, 0) is 37.1 Å². The molecule has 132 valence electrons. The van der Waals surface area contributed by atoms with Crippen molar-refractivity contribution in [2.75, 3.05) is 6.54 Å². The summed E-state index contributed by atoms with van der Waals surface area (Å²) in [6.45, 7) is -0.572. The monoisotopic (exact) mass is 362 g/mol. The van der Waals surface area contributed by atoms with Crippen molar-refractivity contribution in [3.05, 3.63) is 29.8 Å². The van der Waals surface area contributed by atoms with Crippen LogP contribution in [0.5, 0.6) is 0 Å². The van der Waals surface area contributed by atoms with Crippen LogP contribution in [0.1, 0.15) is 29.6 Å². The molecule has 0 heterocycles. The molecule has 0 spiro atoms. The van der Waals surface area contributed by atoms with Gasteiger partial charge in [-0.3, -0.25) is 9.59 Å². The predicted molar refractivity (Wildman–Crippen MR) is 79.3 cm³/mol. The van der Waals surface area contributed by atoms with E-state index in [1.54, 1.807) is 0 Å². The number of benzene rings is 1. The molecule has 0 aliphatic heterocycles. The highest BCUT2D eigenvalue weighted by Gasteiger charge is 2.45. The number of halogens is 2. The van der Waals surface area contributed by atoms with Crippen LogP contribution in [0.2, 0.25) is 0 Å². The molecule has 1 fully saturated rings. The van der Waals surface area contributed by atoms with E-state index in [1.165, 1.54) is 12.1 Å². The van der Waals surface area contributed by atoms with Gasteiger partial charge in [0.15, 0.2) is 0 Å². The Hall–Kier alpha value is -2.07. The summed E-state index contributed by atoms with van der Waals surface area (Å²) < 4.78 is 53.4. The number of alkyl halides is 2. The van der Waals surface area contributed by atoms with E-state index in [9.17, 15) is 26.8 Å². The summed E-state index contributed by atoms with van der Waals surface area (Å²) in [5.41, 5.74) is 0.0568. The zero-order valence-corrected chi connectivity index (χ0v) is 13.3. The minimum Gasteiger partial charge on any atom is -0.480 e. The molecule has 1 aliphatic carbocycles. The SMILES string of the molecule is O=C(O)CNC(=O)c1ccc(S(=O)(=O)NC2CCCC2(F)F)cc1. The van der Waals surface area contributed by atoms with Gasteiger partial charge in [0.05, 0.1) is 10.9 Å². The van der Waals surface area contributed by atoms with E-state index in [2.05, 4.69) is 5.32 Å². The molecular formula is C14H16F2N2O5S. The molecule has 2 rings (SSSR count). The van der Waals surface area contributed by atoms with E-state index in [4.69, 9.17) is 5.11 Å². The summed E-state index contributed by atoms with van der Waals surface area (Å²) in [6, 6.07) is 3.12. The van der Waals surface area contributed by atoms with Crippen LogP contribution in [0.3, 0.4) is 0 Å². The first-order chi connectivity index (χ1) is 11.1. The van der Waals surface area contributed by atoms with Crippen molar-refractivity contribution in [3.63, 3.8) is 0 Å². The number of carbonyl (C=O) groups excluding carboxylic acids is 1. The quantitative estimate of drug-likeness (QED) is 0.698. The fourth-order valence-corrected chi connectivity index (χ4v) is 3.67. The molecule has 10 heteroatoms. The summed E-state index contributed by atoms with van der Waals surface area (Å²) in [5, 5.41) is 10.6. The standard InChI is InChI=1S/C14H16F2N2O5S/c15-14(16)7-1-2-11(14)18-24(22,23)10-5-3-9(4-6-10)13(21)17-8-12(19)20/h3-6,11,18H,1-2,7-8H2,(H,17,21)(H,19,20). The van der Waals surface area contributed by atoms with Gasteiger partial charge in [-0.2, -0.15) is 0 Å². The lowest BCUT2D eigenvalue weighted by Crippen LogP contribution is -2.43. The summed E-state index contributed by atoms with van der Waals surface area (Å²) >= 11 is 0. The smallest absolute Gasteiger partial charge is 0.322 e. The molecule has 1 saturated carbocycles. The van der Waals surface area contributed by atoms with Gasteiger partial charge in [0, 0.05) is 12.0 Å². The number of hydrogen-bond acceptors (Lipinski definition) is 4. The van der Waals surface area contributed by atoms with Crippen LogP contribution >= 0.6 is 0 Å². The van der Waals surface area contributed by atoms with Crippen molar-refractivity contribution in [2.24, 2.45) is 0 Å². The van der Waals surface area contributed by atoms with Gasteiger partial charge in [-0.15, -0.1) is 0 Å². The zero-order valence-electron chi connectivity index (χ0n) is 12.5. The molecule has 3 N–H and O–H groups in total. The molecule has 1 atom stereocenters. The van der Waals surface area contributed by atoms with Crippen molar-refractivity contribution in [2.45, 2.75) is 36.1 Å². The topological polar surface area (TPSA) is 113 Å². The van der Waals surface area contributed by atoms with E-state index >= 15 is 0 Å². The second-order valence-corrected chi connectivity index (χ2v) is 7.14. The normalized spacial score (nSPS) is 19.8. The van der Waals surface area contributed by atoms with Crippen LogP contribution in [-0.4, -0.2) is 43.9 Å². The van der Waals surface area contributed by atoms with Crippen molar-refractivity contribution < 1.29 is 31.9 Å². The number of hydrogen-bond donors (Lipinski definition) is 3. The maximum Gasteiger partial charge on any atom is 0.322 e. The average molecular weight is 362 g/mol. The van der Waals surface area contributed by atoms with E-state index in [1.807, 2.05) is 4.72 Å². The minimum absolute atomic E-state index is 0.0568. The van der Waals surface area contributed by atoms with Gasteiger partial charge in [0.2, 0.25) is 10.0 Å². The lowest BCUT2D eigenvalue weighted by Gasteiger charge is -2.20. The van der Waals surface area contributed by atoms with Gasteiger partial charge in [0.1, 0.15) is 6.54 Å². The zero-order chi connectivity index (χ0) is 18.0. The van der Waals surface area contributed by atoms with E-state index in [0.717, 1.165) is 12.1 Å². The highest BCUT2D eigenvalue weighted by Crippen LogP contribution is 2.35. The highest BCUT2D eigenvalue weighted by atomic mass is 32.2. The second-order valence-electron chi connectivity index (χ2n) is 5.43. The summed E-state index contributed by atoms with van der Waals surface area (Å²) in [7, 11) is -4.14. The Balaban J connectivity index is 2.09. The molecule has 1 aromatic carbocycles. The number of sulfonamides is 1. The van der Waals surface area contributed by atoms with Crippen LogP contribution in [0.4, 0.5) is 8.78 Å². The second kappa shape index (κ2) is 6.81. The first-order valence-electron chi connectivity index (χ1n) is 7.12. The number of carbonyl (C=O) groups is 2. The Kier molecular flexibility index (Phi) is 5.19. The summed E-state index contributed by atoms with van der Waals surface area (Å²) in [5.74, 6) is -4.98. The van der Waals surface area contributed by atoms with E-state index in [-0.39, 0.29) is 29.7 Å². The van der Waals surface area contributed by atoms with Crippen molar-refractivity contribution in [1.29, 1.82) is 0 Å². The molecule has 1 amide bonds. The van der Waals surface area contributed by atoms with Gasteiger partial charge >= 0.3 is 5.97 Å². The molecule has 1 aromatic rings. The van der Waals surface area contributed by atoms with Crippen molar-refractivity contribution in [1.82, 2.24) is 10.0 Å². The maximum absolute atomic E-state index is 13.5. The average Bonchev–Trinajstić information content (AvgIpc) is 2.83. The molecule has 7 nitrogen and oxygen atoms in total. The maximum atomic E-state index is 13.5. The number of carboxylic acids is 1. The molecule has 1 unspecified atom stereocenters. The lowest BCUT2D eigenvalue weighted by atomic mass is 10.2. The van der Waals surface area contributed by atoms with E-state index < -0.39 is 40.4 Å². The van der Waals surface area contributed by atoms with Crippen LogP contribution < -0.4 is 10.0 Å². The van der Waals surface area contributed by atoms with Crippen LogP contribution in [0.15, 0.2) is 29.2 Å². The Morgan fingerprint density at radius 1 is 1.25 bits per heavy atom. The van der Waals surface area contributed by atoms with Crippen LogP contribution in [-0.2, 0) is 14.8 Å². The first-order valence-corrected chi connectivity index (χ1v) is 8.60. The predicted octanol–water partition coefficient (Wildman–Crippen LogP) is 0.967.